The summed E-state index contributed by atoms with van der Waals surface area (Å²) in [6.45, 7) is 3.55. The van der Waals surface area contributed by atoms with Gasteiger partial charge in [-0.1, -0.05) is 29.8 Å². The molecule has 0 aromatic heterocycles. The summed E-state index contributed by atoms with van der Waals surface area (Å²) in [5.41, 5.74) is 3.04. The standard InChI is InChI=1S/C19H21NO3/c1-13-5-7-15(8-6-13)18(21)14(2)23-19(22)16-9-11-17(12-10-16)20(3)4/h5-12,14H,1-4H3. The largest absolute Gasteiger partial charge is 0.451 e. The molecule has 0 radical (unpaired) electrons. The van der Waals surface area contributed by atoms with Gasteiger partial charge in [0.15, 0.2) is 6.10 Å². The van der Waals surface area contributed by atoms with E-state index in [4.69, 9.17) is 4.74 Å². The first-order chi connectivity index (χ1) is 10.9. The fraction of sp³-hybridized carbons (Fsp3) is 0.263. The molecular formula is C19H21NO3. The Kier molecular flexibility index (Phi) is 5.16. The number of nitrogens with zero attached hydrogens (tertiary/aromatic N) is 1. The molecule has 0 aliphatic heterocycles. The third kappa shape index (κ3) is 4.19. The Balaban J connectivity index is 2.04. The average molecular weight is 311 g/mol. The first kappa shape index (κ1) is 16.7. The molecule has 0 bridgehead atoms. The first-order valence-electron chi connectivity index (χ1n) is 7.47. The summed E-state index contributed by atoms with van der Waals surface area (Å²) in [5, 5.41) is 0. The van der Waals surface area contributed by atoms with Crippen LogP contribution in [0.1, 0.15) is 33.2 Å². The molecule has 0 aliphatic carbocycles. The number of carbonyl (C=O) groups excluding carboxylic acids is 2. The van der Waals surface area contributed by atoms with Crippen LogP contribution < -0.4 is 4.90 Å². The van der Waals surface area contributed by atoms with Crippen molar-refractivity contribution in [2.45, 2.75) is 20.0 Å². The van der Waals surface area contributed by atoms with Gasteiger partial charge < -0.3 is 9.64 Å². The van der Waals surface area contributed by atoms with E-state index < -0.39 is 12.1 Å². The lowest BCUT2D eigenvalue weighted by molar-refractivity contribution is 0.0319. The summed E-state index contributed by atoms with van der Waals surface area (Å²) < 4.78 is 5.28. The number of ketones is 1. The molecule has 4 heteroatoms. The summed E-state index contributed by atoms with van der Waals surface area (Å²) >= 11 is 0. The Morgan fingerprint density at radius 3 is 1.96 bits per heavy atom. The maximum atomic E-state index is 12.3. The van der Waals surface area contributed by atoms with E-state index in [1.807, 2.05) is 50.2 Å². The van der Waals surface area contributed by atoms with E-state index in [9.17, 15) is 9.59 Å². The van der Waals surface area contributed by atoms with Crippen LogP contribution in [-0.4, -0.2) is 32.0 Å². The summed E-state index contributed by atoms with van der Waals surface area (Å²) in [7, 11) is 3.85. The third-order valence-corrected chi connectivity index (χ3v) is 3.61. The summed E-state index contributed by atoms with van der Waals surface area (Å²) in [6.07, 6.45) is -0.821. The average Bonchev–Trinajstić information content (AvgIpc) is 2.54. The minimum atomic E-state index is -0.821. The number of aryl methyl sites for hydroxylation is 1. The molecule has 1 unspecified atom stereocenters. The van der Waals surface area contributed by atoms with Crippen LogP contribution in [0.25, 0.3) is 0 Å². The highest BCUT2D eigenvalue weighted by molar-refractivity contribution is 6.01. The summed E-state index contributed by atoms with van der Waals surface area (Å²) in [6, 6.07) is 14.3. The summed E-state index contributed by atoms with van der Waals surface area (Å²) in [5.74, 6) is -0.702. The van der Waals surface area contributed by atoms with Crippen molar-refractivity contribution in [3.63, 3.8) is 0 Å². The highest BCUT2D eigenvalue weighted by Gasteiger charge is 2.20. The van der Waals surface area contributed by atoms with Gasteiger partial charge in [0.05, 0.1) is 5.56 Å². The number of benzene rings is 2. The van der Waals surface area contributed by atoms with Gasteiger partial charge in [-0.15, -0.1) is 0 Å². The Labute approximate surface area is 136 Å². The fourth-order valence-electron chi connectivity index (χ4n) is 2.13. The van der Waals surface area contributed by atoms with E-state index in [-0.39, 0.29) is 5.78 Å². The molecule has 2 rings (SSSR count). The van der Waals surface area contributed by atoms with Crippen LogP contribution in [-0.2, 0) is 4.74 Å². The van der Waals surface area contributed by atoms with Gasteiger partial charge in [-0.2, -0.15) is 0 Å². The Bertz CT molecular complexity index is 688. The molecule has 0 fully saturated rings. The van der Waals surface area contributed by atoms with Crippen LogP contribution in [0.3, 0.4) is 0 Å². The highest BCUT2D eigenvalue weighted by atomic mass is 16.5. The Morgan fingerprint density at radius 1 is 0.913 bits per heavy atom. The zero-order chi connectivity index (χ0) is 17.0. The lowest BCUT2D eigenvalue weighted by Crippen LogP contribution is -2.24. The molecule has 4 nitrogen and oxygen atoms in total. The van der Waals surface area contributed by atoms with E-state index in [1.165, 1.54) is 0 Å². The quantitative estimate of drug-likeness (QED) is 0.626. The van der Waals surface area contributed by atoms with Gasteiger partial charge >= 0.3 is 5.97 Å². The molecule has 2 aromatic rings. The van der Waals surface area contributed by atoms with E-state index in [0.717, 1.165) is 11.3 Å². The number of rotatable bonds is 5. The van der Waals surface area contributed by atoms with E-state index in [2.05, 4.69) is 0 Å². The Hall–Kier alpha value is -2.62. The second kappa shape index (κ2) is 7.09. The normalized spacial score (nSPS) is 11.7. The number of carbonyl (C=O) groups is 2. The molecule has 0 aliphatic rings. The number of hydrogen-bond acceptors (Lipinski definition) is 4. The zero-order valence-electron chi connectivity index (χ0n) is 13.9. The van der Waals surface area contributed by atoms with Crippen molar-refractivity contribution in [1.29, 1.82) is 0 Å². The van der Waals surface area contributed by atoms with Crippen molar-refractivity contribution in [2.75, 3.05) is 19.0 Å². The number of esters is 1. The maximum Gasteiger partial charge on any atom is 0.338 e. The zero-order valence-corrected chi connectivity index (χ0v) is 13.9. The van der Waals surface area contributed by atoms with Crippen molar-refractivity contribution >= 4 is 17.4 Å². The predicted molar refractivity (Wildman–Crippen MR) is 91.2 cm³/mol. The topological polar surface area (TPSA) is 46.6 Å². The molecule has 0 heterocycles. The maximum absolute atomic E-state index is 12.3. The van der Waals surface area contributed by atoms with Crippen LogP contribution in [0, 0.1) is 6.92 Å². The van der Waals surface area contributed by atoms with Crippen molar-refractivity contribution in [1.82, 2.24) is 0 Å². The molecule has 0 N–H and O–H groups in total. The SMILES string of the molecule is Cc1ccc(C(=O)C(C)OC(=O)c2ccc(N(C)C)cc2)cc1. The van der Waals surface area contributed by atoms with Gasteiger partial charge in [0.25, 0.3) is 0 Å². The second-order valence-electron chi connectivity index (χ2n) is 5.72. The van der Waals surface area contributed by atoms with Gasteiger partial charge in [0.2, 0.25) is 5.78 Å². The van der Waals surface area contributed by atoms with E-state index in [1.54, 1.807) is 31.2 Å². The number of ether oxygens (including phenoxy) is 1. The fourth-order valence-corrected chi connectivity index (χ4v) is 2.13. The number of hydrogen-bond donors (Lipinski definition) is 0. The van der Waals surface area contributed by atoms with Crippen molar-refractivity contribution in [2.24, 2.45) is 0 Å². The molecule has 23 heavy (non-hydrogen) atoms. The van der Waals surface area contributed by atoms with Crippen LogP contribution in [0.5, 0.6) is 0 Å². The molecule has 2 aromatic carbocycles. The van der Waals surface area contributed by atoms with Crippen molar-refractivity contribution in [3.8, 4) is 0 Å². The third-order valence-electron chi connectivity index (χ3n) is 3.61. The molecule has 0 amide bonds. The van der Waals surface area contributed by atoms with Gasteiger partial charge in [0, 0.05) is 25.3 Å². The molecule has 1 atom stereocenters. The van der Waals surface area contributed by atoms with Crippen LogP contribution in [0.15, 0.2) is 48.5 Å². The molecule has 0 spiro atoms. The monoisotopic (exact) mass is 311 g/mol. The van der Waals surface area contributed by atoms with Gasteiger partial charge in [-0.3, -0.25) is 4.79 Å². The summed E-state index contributed by atoms with van der Waals surface area (Å²) in [4.78, 5) is 26.4. The predicted octanol–water partition coefficient (Wildman–Crippen LogP) is 3.49. The molecule has 120 valence electrons. The van der Waals surface area contributed by atoms with Gasteiger partial charge in [0.1, 0.15) is 0 Å². The van der Waals surface area contributed by atoms with Crippen LogP contribution in [0.2, 0.25) is 0 Å². The van der Waals surface area contributed by atoms with Gasteiger partial charge in [-0.05, 0) is 38.1 Å². The second-order valence-corrected chi connectivity index (χ2v) is 5.72. The van der Waals surface area contributed by atoms with Crippen molar-refractivity contribution in [3.05, 3.63) is 65.2 Å². The number of Topliss-reactive ketones (excluding diaryl/α,β-unsaturated/α-hetero) is 1. The minimum absolute atomic E-state index is 0.205. The minimum Gasteiger partial charge on any atom is -0.451 e. The molecular weight excluding hydrogens is 290 g/mol. The van der Waals surface area contributed by atoms with Crippen LogP contribution in [0.4, 0.5) is 5.69 Å². The number of anilines is 1. The highest BCUT2D eigenvalue weighted by Crippen LogP contribution is 2.15. The molecule has 0 saturated heterocycles. The van der Waals surface area contributed by atoms with E-state index in [0.29, 0.717) is 11.1 Å². The van der Waals surface area contributed by atoms with Crippen molar-refractivity contribution < 1.29 is 14.3 Å². The van der Waals surface area contributed by atoms with Crippen LogP contribution >= 0.6 is 0 Å². The van der Waals surface area contributed by atoms with E-state index >= 15 is 0 Å². The Morgan fingerprint density at radius 2 is 1.43 bits per heavy atom. The van der Waals surface area contributed by atoms with Gasteiger partial charge in [-0.25, -0.2) is 4.79 Å². The first-order valence-corrected chi connectivity index (χ1v) is 7.47. The molecule has 0 saturated carbocycles. The lowest BCUT2D eigenvalue weighted by Gasteiger charge is -2.14. The lowest BCUT2D eigenvalue weighted by atomic mass is 10.1. The smallest absolute Gasteiger partial charge is 0.338 e.